The smallest absolute Gasteiger partial charge is 0.250 e. The van der Waals surface area contributed by atoms with E-state index in [1.807, 2.05) is 18.5 Å². The number of hydrogen-bond acceptors (Lipinski definition) is 7. The quantitative estimate of drug-likeness (QED) is 0.558. The largest absolute Gasteiger partial charge is 0.355 e. The molecule has 2 N–H and O–H groups in total. The highest BCUT2D eigenvalue weighted by molar-refractivity contribution is 7.99. The molecule has 0 unspecified atom stereocenters. The lowest BCUT2D eigenvalue weighted by Crippen LogP contribution is -2.57. The van der Waals surface area contributed by atoms with Gasteiger partial charge < -0.3 is 15.5 Å². The van der Waals surface area contributed by atoms with Crippen molar-refractivity contribution in [3.05, 3.63) is 60.0 Å². The Bertz CT molecular complexity index is 1270. The molecule has 2 aliphatic carbocycles. The lowest BCUT2D eigenvalue weighted by molar-refractivity contribution is -0.123. The van der Waals surface area contributed by atoms with E-state index in [2.05, 4.69) is 44.8 Å². The van der Waals surface area contributed by atoms with Gasteiger partial charge in [-0.3, -0.25) is 4.79 Å². The average molecular weight is 485 g/mol. The van der Waals surface area contributed by atoms with Crippen molar-refractivity contribution < 1.29 is 4.79 Å². The van der Waals surface area contributed by atoms with Crippen molar-refractivity contribution in [1.29, 1.82) is 0 Å². The number of nitrogens with one attached hydrogen (secondary N) is 2. The summed E-state index contributed by atoms with van der Waals surface area (Å²) in [6.07, 6.45) is 13.1. The third-order valence-electron chi connectivity index (χ3n) is 8.38. The maximum atomic E-state index is 12.7. The van der Waals surface area contributed by atoms with Crippen molar-refractivity contribution >= 4 is 35.0 Å². The minimum Gasteiger partial charge on any atom is -0.355 e. The summed E-state index contributed by atoms with van der Waals surface area (Å²) < 4.78 is 0. The van der Waals surface area contributed by atoms with Crippen LogP contribution in [0.1, 0.15) is 43.2 Å². The highest BCUT2D eigenvalue weighted by atomic mass is 32.2. The fourth-order valence-electron chi connectivity index (χ4n) is 6.12. The van der Waals surface area contributed by atoms with E-state index < -0.39 is 5.54 Å². The summed E-state index contributed by atoms with van der Waals surface area (Å²) in [7, 11) is 0. The topological polar surface area (TPSA) is 83.0 Å². The number of piperidine rings is 1. The van der Waals surface area contributed by atoms with Crippen LogP contribution in [0.2, 0.25) is 0 Å². The zero-order chi connectivity index (χ0) is 23.5. The van der Waals surface area contributed by atoms with Crippen LogP contribution in [0.15, 0.2) is 58.8 Å². The van der Waals surface area contributed by atoms with Crippen molar-refractivity contribution in [2.24, 2.45) is 5.41 Å². The molecule has 0 atom stereocenters. The Morgan fingerprint density at radius 1 is 0.914 bits per heavy atom. The van der Waals surface area contributed by atoms with Crippen molar-refractivity contribution in [2.45, 2.75) is 60.4 Å². The lowest BCUT2D eigenvalue weighted by Gasteiger charge is -2.44. The zero-order valence-electron chi connectivity index (χ0n) is 19.6. The van der Waals surface area contributed by atoms with Crippen molar-refractivity contribution in [1.82, 2.24) is 15.0 Å². The van der Waals surface area contributed by atoms with Gasteiger partial charge in [0.05, 0.1) is 18.1 Å². The third-order valence-corrected chi connectivity index (χ3v) is 9.36. The molecule has 1 saturated heterocycles. The van der Waals surface area contributed by atoms with Crippen LogP contribution in [0.3, 0.4) is 0 Å². The Labute approximate surface area is 209 Å². The standard InChI is InChI=1S/C27H28N6OS/c34-25-27(7-3-8-27)32-24-23(31-25)20(6-11-28-24)35-22-17-29-21(16-30-22)33-12-9-26(10-13-33)14-18-4-1-2-5-19(18)15-26/h1-2,4-6,11,16-17H,3,7-10,12-15H2,(H,28,32)(H,31,34). The van der Waals surface area contributed by atoms with Gasteiger partial charge in [-0.25, -0.2) is 15.0 Å². The van der Waals surface area contributed by atoms with Gasteiger partial charge in [-0.1, -0.05) is 36.0 Å². The third kappa shape index (κ3) is 3.57. The number of anilines is 3. The molecule has 1 amide bonds. The summed E-state index contributed by atoms with van der Waals surface area (Å²) in [6.45, 7) is 2.04. The Hall–Kier alpha value is -3.13. The van der Waals surface area contributed by atoms with Gasteiger partial charge in [0.2, 0.25) is 5.91 Å². The molecule has 4 aliphatic rings. The van der Waals surface area contributed by atoms with E-state index in [-0.39, 0.29) is 5.91 Å². The highest BCUT2D eigenvalue weighted by Crippen LogP contribution is 2.46. The van der Waals surface area contributed by atoms with E-state index >= 15 is 0 Å². The van der Waals surface area contributed by atoms with Gasteiger partial charge in [0, 0.05) is 24.2 Å². The first-order valence-electron chi connectivity index (χ1n) is 12.5. The van der Waals surface area contributed by atoms with Gasteiger partial charge in [-0.05, 0) is 67.6 Å². The summed E-state index contributed by atoms with van der Waals surface area (Å²) in [5.74, 6) is 1.73. The van der Waals surface area contributed by atoms with Gasteiger partial charge in [-0.2, -0.15) is 0 Å². The lowest BCUT2D eigenvalue weighted by atomic mass is 9.75. The van der Waals surface area contributed by atoms with Crippen molar-refractivity contribution in [3.63, 3.8) is 0 Å². The van der Waals surface area contributed by atoms with E-state index in [9.17, 15) is 4.79 Å². The molecule has 2 fully saturated rings. The molecule has 3 aromatic rings. The van der Waals surface area contributed by atoms with Crippen LogP contribution >= 0.6 is 11.8 Å². The fraction of sp³-hybridized carbons (Fsp3) is 0.407. The molecule has 7 rings (SSSR count). The van der Waals surface area contributed by atoms with Gasteiger partial charge in [0.1, 0.15) is 16.4 Å². The van der Waals surface area contributed by atoms with Crippen LogP contribution in [-0.2, 0) is 17.6 Å². The number of pyridine rings is 1. The van der Waals surface area contributed by atoms with Crippen LogP contribution < -0.4 is 15.5 Å². The van der Waals surface area contributed by atoms with E-state index in [0.717, 1.165) is 59.6 Å². The molecule has 1 aromatic carbocycles. The maximum Gasteiger partial charge on any atom is 0.250 e. The summed E-state index contributed by atoms with van der Waals surface area (Å²) in [5.41, 5.74) is 3.76. The molecule has 35 heavy (non-hydrogen) atoms. The number of carbonyl (C=O) groups excluding carboxylic acids is 1. The van der Waals surface area contributed by atoms with Crippen molar-refractivity contribution in [3.8, 4) is 0 Å². The first-order valence-corrected chi connectivity index (χ1v) is 13.3. The Morgan fingerprint density at radius 3 is 2.34 bits per heavy atom. The summed E-state index contributed by atoms with van der Waals surface area (Å²) in [5, 5.41) is 7.28. The molecule has 4 heterocycles. The van der Waals surface area contributed by atoms with Crippen LogP contribution in [-0.4, -0.2) is 39.5 Å². The number of rotatable bonds is 3. The molecule has 0 radical (unpaired) electrons. The number of aromatic nitrogens is 3. The zero-order valence-corrected chi connectivity index (χ0v) is 20.4. The average Bonchev–Trinajstić information content (AvgIpc) is 3.22. The SMILES string of the molecule is O=C1Nc2c(Sc3cnc(N4CCC5(CC4)Cc4ccccc4C5)cn3)ccnc2NC12CCC2. The second-order valence-corrected chi connectivity index (χ2v) is 11.5. The van der Waals surface area contributed by atoms with Crippen LogP contribution in [0.4, 0.5) is 17.3 Å². The molecule has 8 heteroatoms. The molecular formula is C27H28N6OS. The minimum atomic E-state index is -0.473. The molecule has 7 nitrogen and oxygen atoms in total. The van der Waals surface area contributed by atoms with Gasteiger partial charge in [0.15, 0.2) is 5.82 Å². The number of carbonyl (C=O) groups is 1. The first-order chi connectivity index (χ1) is 17.1. The Balaban J connectivity index is 1.02. The van der Waals surface area contributed by atoms with E-state index in [1.165, 1.54) is 48.6 Å². The Kier molecular flexibility index (Phi) is 4.81. The number of hydrogen-bond donors (Lipinski definition) is 2. The highest BCUT2D eigenvalue weighted by Gasteiger charge is 2.48. The minimum absolute atomic E-state index is 0.0424. The van der Waals surface area contributed by atoms with E-state index in [4.69, 9.17) is 9.97 Å². The van der Waals surface area contributed by atoms with E-state index in [0.29, 0.717) is 5.41 Å². The van der Waals surface area contributed by atoms with Gasteiger partial charge >= 0.3 is 0 Å². The van der Waals surface area contributed by atoms with Crippen LogP contribution in [0, 0.1) is 5.41 Å². The monoisotopic (exact) mass is 484 g/mol. The van der Waals surface area contributed by atoms with E-state index in [1.54, 1.807) is 6.20 Å². The number of fused-ring (bicyclic) bond motifs is 2. The molecule has 1 saturated carbocycles. The summed E-state index contributed by atoms with van der Waals surface area (Å²) >= 11 is 1.51. The van der Waals surface area contributed by atoms with Gasteiger partial charge in [0.25, 0.3) is 0 Å². The molecule has 178 valence electrons. The van der Waals surface area contributed by atoms with Gasteiger partial charge in [-0.15, -0.1) is 0 Å². The predicted octanol–water partition coefficient (Wildman–Crippen LogP) is 4.69. The number of amides is 1. The number of nitrogens with zero attached hydrogens (tertiary/aromatic N) is 4. The predicted molar refractivity (Wildman–Crippen MR) is 137 cm³/mol. The second kappa shape index (κ2) is 7.95. The molecule has 2 spiro atoms. The number of benzene rings is 1. The maximum absolute atomic E-state index is 12.7. The fourth-order valence-corrected chi connectivity index (χ4v) is 6.93. The summed E-state index contributed by atoms with van der Waals surface area (Å²) in [6, 6.07) is 10.8. The Morgan fingerprint density at radius 2 is 1.69 bits per heavy atom. The molecular weight excluding hydrogens is 456 g/mol. The van der Waals surface area contributed by atoms with Crippen LogP contribution in [0.5, 0.6) is 0 Å². The second-order valence-electron chi connectivity index (χ2n) is 10.5. The van der Waals surface area contributed by atoms with Crippen LogP contribution in [0.25, 0.3) is 0 Å². The molecule has 2 aromatic heterocycles. The normalized spacial score (nSPS) is 21.1. The first kappa shape index (κ1) is 21.2. The van der Waals surface area contributed by atoms with Crippen molar-refractivity contribution in [2.75, 3.05) is 28.6 Å². The molecule has 0 bridgehead atoms. The summed E-state index contributed by atoms with van der Waals surface area (Å²) in [4.78, 5) is 29.9. The molecule has 2 aliphatic heterocycles.